The number of rotatable bonds is 3. The SMILES string of the molecule is CC(N)C(C)C(=O)N1CCCN(CC(F)(F)F)CC1.Cl.Cl. The number of alkyl halides is 3. The van der Waals surface area contributed by atoms with E-state index in [1.165, 1.54) is 4.90 Å². The molecular formula is C12H24Cl2F3N3O. The van der Waals surface area contributed by atoms with Gasteiger partial charge in [-0.05, 0) is 13.3 Å². The van der Waals surface area contributed by atoms with Crippen molar-refractivity contribution in [1.82, 2.24) is 9.80 Å². The maximum Gasteiger partial charge on any atom is 0.401 e. The highest BCUT2D eigenvalue weighted by Gasteiger charge is 2.32. The molecule has 0 aliphatic carbocycles. The smallest absolute Gasteiger partial charge is 0.341 e. The van der Waals surface area contributed by atoms with E-state index in [-0.39, 0.29) is 49.2 Å². The van der Waals surface area contributed by atoms with Crippen molar-refractivity contribution in [2.75, 3.05) is 32.7 Å². The molecule has 0 aromatic carbocycles. The summed E-state index contributed by atoms with van der Waals surface area (Å²) in [5, 5.41) is 0. The molecule has 1 rings (SSSR count). The van der Waals surface area contributed by atoms with Crippen molar-refractivity contribution in [1.29, 1.82) is 0 Å². The largest absolute Gasteiger partial charge is 0.401 e. The number of hydrogen-bond acceptors (Lipinski definition) is 3. The molecule has 2 unspecified atom stereocenters. The third-order valence-electron chi connectivity index (χ3n) is 3.48. The van der Waals surface area contributed by atoms with Crippen LogP contribution in [-0.4, -0.2) is 60.6 Å². The van der Waals surface area contributed by atoms with E-state index >= 15 is 0 Å². The van der Waals surface area contributed by atoms with E-state index in [0.717, 1.165) is 0 Å². The van der Waals surface area contributed by atoms with Crippen LogP contribution in [0.5, 0.6) is 0 Å². The van der Waals surface area contributed by atoms with Gasteiger partial charge in [0.1, 0.15) is 0 Å². The lowest BCUT2D eigenvalue weighted by Crippen LogP contribution is -2.43. The second-order valence-corrected chi connectivity index (χ2v) is 5.22. The standard InChI is InChI=1S/C12H22F3N3O.2ClH/c1-9(10(2)16)11(19)18-5-3-4-17(6-7-18)8-12(13,14)15;;/h9-10H,3-8,16H2,1-2H3;2*1H. The van der Waals surface area contributed by atoms with E-state index in [0.29, 0.717) is 26.1 Å². The fourth-order valence-corrected chi connectivity index (χ4v) is 2.12. The monoisotopic (exact) mass is 353 g/mol. The van der Waals surface area contributed by atoms with E-state index in [1.54, 1.807) is 18.7 Å². The summed E-state index contributed by atoms with van der Waals surface area (Å²) in [4.78, 5) is 15.1. The second-order valence-electron chi connectivity index (χ2n) is 5.22. The van der Waals surface area contributed by atoms with Gasteiger partial charge in [-0.2, -0.15) is 13.2 Å². The number of nitrogens with two attached hydrogens (primary N) is 1. The molecule has 1 heterocycles. The van der Waals surface area contributed by atoms with Crippen molar-refractivity contribution in [2.24, 2.45) is 11.7 Å². The zero-order valence-electron chi connectivity index (χ0n) is 12.2. The van der Waals surface area contributed by atoms with Crippen LogP contribution in [0.1, 0.15) is 20.3 Å². The second kappa shape index (κ2) is 9.71. The number of hydrogen-bond donors (Lipinski definition) is 1. The summed E-state index contributed by atoms with van der Waals surface area (Å²) in [5.74, 6) is -0.363. The van der Waals surface area contributed by atoms with Crippen LogP contribution in [0.25, 0.3) is 0 Å². The molecule has 0 aromatic heterocycles. The van der Waals surface area contributed by atoms with Crippen molar-refractivity contribution >= 4 is 30.7 Å². The topological polar surface area (TPSA) is 49.6 Å². The molecule has 0 bridgehead atoms. The fraction of sp³-hybridized carbons (Fsp3) is 0.917. The third-order valence-corrected chi connectivity index (χ3v) is 3.48. The summed E-state index contributed by atoms with van der Waals surface area (Å²) < 4.78 is 37.0. The van der Waals surface area contributed by atoms with Crippen LogP contribution in [-0.2, 0) is 4.79 Å². The normalized spacial score (nSPS) is 19.8. The molecule has 4 nitrogen and oxygen atoms in total. The van der Waals surface area contributed by atoms with Gasteiger partial charge in [0, 0.05) is 32.2 Å². The fourth-order valence-electron chi connectivity index (χ4n) is 2.12. The molecule has 1 aliphatic heterocycles. The highest BCUT2D eigenvalue weighted by Crippen LogP contribution is 2.18. The molecular weight excluding hydrogens is 330 g/mol. The summed E-state index contributed by atoms with van der Waals surface area (Å²) in [6.45, 7) is 4.09. The number of carbonyl (C=O) groups is 1. The average molecular weight is 354 g/mol. The lowest BCUT2D eigenvalue weighted by molar-refractivity contribution is -0.145. The molecule has 2 N–H and O–H groups in total. The predicted molar refractivity (Wildman–Crippen MR) is 81.0 cm³/mol. The van der Waals surface area contributed by atoms with Crippen LogP contribution >= 0.6 is 24.8 Å². The molecule has 2 atom stereocenters. The van der Waals surface area contributed by atoms with Crippen LogP contribution < -0.4 is 5.73 Å². The molecule has 128 valence electrons. The average Bonchev–Trinajstić information content (AvgIpc) is 2.50. The minimum atomic E-state index is -4.18. The zero-order chi connectivity index (χ0) is 14.6. The van der Waals surface area contributed by atoms with E-state index < -0.39 is 12.7 Å². The quantitative estimate of drug-likeness (QED) is 0.843. The Morgan fingerprint density at radius 2 is 1.71 bits per heavy atom. The third kappa shape index (κ3) is 8.09. The van der Waals surface area contributed by atoms with Crippen molar-refractivity contribution in [3.8, 4) is 0 Å². The Hall–Kier alpha value is -0.240. The van der Waals surface area contributed by atoms with E-state index in [9.17, 15) is 18.0 Å². The Balaban J connectivity index is 0. The van der Waals surface area contributed by atoms with E-state index in [2.05, 4.69) is 0 Å². The van der Waals surface area contributed by atoms with Gasteiger partial charge in [-0.15, -0.1) is 24.8 Å². The first-order valence-corrected chi connectivity index (χ1v) is 6.54. The van der Waals surface area contributed by atoms with Crippen molar-refractivity contribution < 1.29 is 18.0 Å². The molecule has 0 aromatic rings. The first-order valence-electron chi connectivity index (χ1n) is 6.54. The summed E-state index contributed by atoms with van der Waals surface area (Å²) in [5.41, 5.74) is 5.69. The van der Waals surface area contributed by atoms with Gasteiger partial charge in [-0.3, -0.25) is 9.69 Å². The Kier molecular flexibility index (Phi) is 10.7. The highest BCUT2D eigenvalue weighted by molar-refractivity contribution is 5.85. The van der Waals surface area contributed by atoms with Gasteiger partial charge >= 0.3 is 6.18 Å². The number of nitrogens with zero attached hydrogens (tertiary/aromatic N) is 2. The molecule has 1 saturated heterocycles. The van der Waals surface area contributed by atoms with Gasteiger partial charge in [0.15, 0.2) is 0 Å². The lowest BCUT2D eigenvalue weighted by atomic mass is 10.0. The predicted octanol–water partition coefficient (Wildman–Crippen LogP) is 1.91. The lowest BCUT2D eigenvalue weighted by Gasteiger charge is -2.26. The Labute approximate surface area is 136 Å². The molecule has 1 fully saturated rings. The molecule has 1 aliphatic rings. The van der Waals surface area contributed by atoms with Gasteiger partial charge in [-0.25, -0.2) is 0 Å². The summed E-state index contributed by atoms with van der Waals surface area (Å²) in [6.07, 6.45) is -3.62. The molecule has 9 heteroatoms. The Bertz CT molecular complexity index is 317. The minimum absolute atomic E-state index is 0. The van der Waals surface area contributed by atoms with Gasteiger partial charge < -0.3 is 10.6 Å². The zero-order valence-corrected chi connectivity index (χ0v) is 13.9. The van der Waals surface area contributed by atoms with Crippen LogP contribution in [0, 0.1) is 5.92 Å². The van der Waals surface area contributed by atoms with Crippen LogP contribution in [0.4, 0.5) is 13.2 Å². The van der Waals surface area contributed by atoms with Crippen LogP contribution in [0.15, 0.2) is 0 Å². The van der Waals surface area contributed by atoms with Gasteiger partial charge in [-0.1, -0.05) is 6.92 Å². The molecule has 21 heavy (non-hydrogen) atoms. The van der Waals surface area contributed by atoms with Gasteiger partial charge in [0.25, 0.3) is 0 Å². The number of amides is 1. The Morgan fingerprint density at radius 1 is 1.14 bits per heavy atom. The van der Waals surface area contributed by atoms with Crippen LogP contribution in [0.2, 0.25) is 0 Å². The first kappa shape index (κ1) is 23.0. The maximum absolute atomic E-state index is 12.3. The van der Waals surface area contributed by atoms with Crippen molar-refractivity contribution in [2.45, 2.75) is 32.5 Å². The highest BCUT2D eigenvalue weighted by atomic mass is 35.5. The van der Waals surface area contributed by atoms with Gasteiger partial charge in [0.2, 0.25) is 5.91 Å². The summed E-state index contributed by atoms with van der Waals surface area (Å²) in [7, 11) is 0. The molecule has 0 saturated carbocycles. The Morgan fingerprint density at radius 3 is 2.19 bits per heavy atom. The first-order chi connectivity index (χ1) is 8.70. The summed E-state index contributed by atoms with van der Waals surface area (Å²) >= 11 is 0. The van der Waals surface area contributed by atoms with Crippen molar-refractivity contribution in [3.05, 3.63) is 0 Å². The summed E-state index contributed by atoms with van der Waals surface area (Å²) in [6, 6.07) is -0.248. The molecule has 0 radical (unpaired) electrons. The van der Waals surface area contributed by atoms with Crippen molar-refractivity contribution in [3.63, 3.8) is 0 Å². The maximum atomic E-state index is 12.3. The van der Waals surface area contributed by atoms with E-state index in [1.807, 2.05) is 0 Å². The van der Waals surface area contributed by atoms with Crippen LogP contribution in [0.3, 0.4) is 0 Å². The minimum Gasteiger partial charge on any atom is -0.341 e. The molecule has 1 amide bonds. The number of halogens is 5. The number of carbonyl (C=O) groups excluding carboxylic acids is 1. The van der Waals surface area contributed by atoms with E-state index in [4.69, 9.17) is 5.73 Å². The van der Waals surface area contributed by atoms with Gasteiger partial charge in [0.05, 0.1) is 12.5 Å². The molecule has 0 spiro atoms.